The average molecular weight is 316 g/mol. The van der Waals surface area contributed by atoms with Crippen molar-refractivity contribution in [1.29, 1.82) is 0 Å². The highest BCUT2D eigenvalue weighted by molar-refractivity contribution is 5.41. The van der Waals surface area contributed by atoms with Crippen LogP contribution in [0.25, 0.3) is 0 Å². The summed E-state index contributed by atoms with van der Waals surface area (Å²) >= 11 is 0. The number of hydrazine groups is 1. The Kier molecular flexibility index (Phi) is 7.40. The van der Waals surface area contributed by atoms with Crippen LogP contribution < -0.4 is 15.6 Å². The molecular weight excluding hydrogens is 291 g/mol. The van der Waals surface area contributed by atoms with E-state index in [1.807, 2.05) is 30.3 Å². The molecule has 0 unspecified atom stereocenters. The third-order valence-electron chi connectivity index (χ3n) is 3.55. The maximum atomic E-state index is 13.8. The monoisotopic (exact) mass is 316 g/mol. The SMILES string of the molecule is CCCCCCOc1cc(CNNc2ccccc2)ccc1F. The Hall–Kier alpha value is -2.07. The van der Waals surface area contributed by atoms with Crippen molar-refractivity contribution >= 4 is 5.69 Å². The second kappa shape index (κ2) is 9.85. The van der Waals surface area contributed by atoms with E-state index < -0.39 is 0 Å². The van der Waals surface area contributed by atoms with Gasteiger partial charge in [0, 0.05) is 12.2 Å². The number of halogens is 1. The van der Waals surface area contributed by atoms with Gasteiger partial charge in [0.15, 0.2) is 11.6 Å². The second-order valence-corrected chi connectivity index (χ2v) is 5.52. The predicted molar refractivity (Wildman–Crippen MR) is 92.9 cm³/mol. The molecule has 0 aliphatic carbocycles. The molecule has 2 N–H and O–H groups in total. The third-order valence-corrected chi connectivity index (χ3v) is 3.55. The predicted octanol–water partition coefficient (Wildman–Crippen LogP) is 4.90. The van der Waals surface area contributed by atoms with Gasteiger partial charge in [0.25, 0.3) is 0 Å². The summed E-state index contributed by atoms with van der Waals surface area (Å²) in [5, 5.41) is 0. The van der Waals surface area contributed by atoms with Crippen molar-refractivity contribution in [1.82, 2.24) is 5.43 Å². The molecule has 2 aromatic carbocycles. The number of benzene rings is 2. The zero-order valence-electron chi connectivity index (χ0n) is 13.6. The molecule has 0 amide bonds. The normalized spacial score (nSPS) is 10.5. The van der Waals surface area contributed by atoms with Gasteiger partial charge in [0.1, 0.15) is 0 Å². The molecule has 0 aliphatic rings. The number of nitrogens with one attached hydrogen (secondary N) is 2. The van der Waals surface area contributed by atoms with E-state index in [2.05, 4.69) is 17.8 Å². The molecule has 0 fully saturated rings. The fourth-order valence-corrected chi connectivity index (χ4v) is 2.25. The van der Waals surface area contributed by atoms with Crippen LogP contribution in [0.2, 0.25) is 0 Å². The molecule has 4 heteroatoms. The molecule has 0 atom stereocenters. The van der Waals surface area contributed by atoms with Gasteiger partial charge in [-0.05, 0) is 36.2 Å². The van der Waals surface area contributed by atoms with Crippen LogP contribution in [0.5, 0.6) is 5.75 Å². The fourth-order valence-electron chi connectivity index (χ4n) is 2.25. The number of unbranched alkanes of at least 4 members (excludes halogenated alkanes) is 3. The van der Waals surface area contributed by atoms with E-state index in [1.54, 1.807) is 12.1 Å². The van der Waals surface area contributed by atoms with E-state index in [-0.39, 0.29) is 5.82 Å². The highest BCUT2D eigenvalue weighted by Gasteiger charge is 2.05. The summed E-state index contributed by atoms with van der Waals surface area (Å²) in [4.78, 5) is 0. The minimum atomic E-state index is -0.305. The minimum absolute atomic E-state index is 0.305. The quantitative estimate of drug-likeness (QED) is 0.483. The van der Waals surface area contributed by atoms with E-state index in [1.165, 1.54) is 18.9 Å². The Balaban J connectivity index is 1.79. The summed E-state index contributed by atoms with van der Waals surface area (Å²) < 4.78 is 19.3. The number of hydrogen-bond acceptors (Lipinski definition) is 3. The van der Waals surface area contributed by atoms with Crippen LogP contribution in [0.1, 0.15) is 38.2 Å². The van der Waals surface area contributed by atoms with Crippen LogP contribution >= 0.6 is 0 Å². The summed E-state index contributed by atoms with van der Waals surface area (Å²) in [6.45, 7) is 3.32. The van der Waals surface area contributed by atoms with Crippen molar-refractivity contribution in [3.05, 3.63) is 59.9 Å². The Morgan fingerprint density at radius 1 is 1.00 bits per heavy atom. The van der Waals surface area contributed by atoms with Crippen LogP contribution in [0.15, 0.2) is 48.5 Å². The van der Waals surface area contributed by atoms with Crippen molar-refractivity contribution < 1.29 is 9.13 Å². The first kappa shape index (κ1) is 17.3. The molecule has 124 valence electrons. The van der Waals surface area contributed by atoms with Gasteiger partial charge in [-0.3, -0.25) is 0 Å². The molecule has 2 aromatic rings. The van der Waals surface area contributed by atoms with Gasteiger partial charge in [-0.15, -0.1) is 0 Å². The van der Waals surface area contributed by atoms with Gasteiger partial charge in [-0.2, -0.15) is 0 Å². The molecular formula is C19H25FN2O. The Labute approximate surface area is 137 Å². The van der Waals surface area contributed by atoms with E-state index in [9.17, 15) is 4.39 Å². The van der Waals surface area contributed by atoms with Crippen LogP contribution in [0.3, 0.4) is 0 Å². The summed E-state index contributed by atoms with van der Waals surface area (Å²) in [6, 6.07) is 14.8. The van der Waals surface area contributed by atoms with Gasteiger partial charge in [-0.25, -0.2) is 9.82 Å². The van der Waals surface area contributed by atoms with Crippen molar-refractivity contribution in [2.45, 2.75) is 39.2 Å². The van der Waals surface area contributed by atoms with Crippen LogP contribution in [0.4, 0.5) is 10.1 Å². The molecule has 0 radical (unpaired) electrons. The minimum Gasteiger partial charge on any atom is -0.491 e. The lowest BCUT2D eigenvalue weighted by molar-refractivity contribution is 0.290. The second-order valence-electron chi connectivity index (χ2n) is 5.52. The maximum absolute atomic E-state index is 13.8. The smallest absolute Gasteiger partial charge is 0.165 e. The Bertz CT molecular complexity index is 575. The van der Waals surface area contributed by atoms with Gasteiger partial charge in [0.2, 0.25) is 0 Å². The zero-order chi connectivity index (χ0) is 16.3. The van der Waals surface area contributed by atoms with Gasteiger partial charge in [-0.1, -0.05) is 50.5 Å². The van der Waals surface area contributed by atoms with Crippen molar-refractivity contribution in [3.8, 4) is 5.75 Å². The van der Waals surface area contributed by atoms with Crippen LogP contribution in [-0.4, -0.2) is 6.61 Å². The molecule has 3 nitrogen and oxygen atoms in total. The van der Waals surface area contributed by atoms with Crippen LogP contribution in [0, 0.1) is 5.82 Å². The molecule has 0 bridgehead atoms. The van der Waals surface area contributed by atoms with Crippen molar-refractivity contribution in [2.24, 2.45) is 0 Å². The van der Waals surface area contributed by atoms with Gasteiger partial charge in [0.05, 0.1) is 6.61 Å². The standard InChI is InChI=1S/C19H25FN2O/c1-2-3-4-8-13-23-19-14-16(11-12-18(19)20)15-21-22-17-9-6-5-7-10-17/h5-7,9-12,14,21-22H,2-4,8,13,15H2,1H3. The number of hydrogen-bond donors (Lipinski definition) is 2. The summed E-state index contributed by atoms with van der Waals surface area (Å²) in [6.07, 6.45) is 4.47. The molecule has 0 saturated carbocycles. The molecule has 0 spiro atoms. The first-order chi connectivity index (χ1) is 11.3. The molecule has 2 rings (SSSR count). The number of para-hydroxylation sites is 1. The first-order valence-corrected chi connectivity index (χ1v) is 8.24. The highest BCUT2D eigenvalue weighted by Crippen LogP contribution is 2.19. The number of ether oxygens (including phenoxy) is 1. The van der Waals surface area contributed by atoms with Crippen molar-refractivity contribution in [3.63, 3.8) is 0 Å². The van der Waals surface area contributed by atoms with Crippen molar-refractivity contribution in [2.75, 3.05) is 12.0 Å². The first-order valence-electron chi connectivity index (χ1n) is 8.24. The summed E-state index contributed by atoms with van der Waals surface area (Å²) in [5.74, 6) is 0.0285. The molecule has 23 heavy (non-hydrogen) atoms. The van der Waals surface area contributed by atoms with E-state index in [4.69, 9.17) is 4.74 Å². The van der Waals surface area contributed by atoms with Crippen LogP contribution in [-0.2, 0) is 6.54 Å². The maximum Gasteiger partial charge on any atom is 0.165 e. The van der Waals surface area contributed by atoms with E-state index in [0.717, 1.165) is 24.1 Å². The van der Waals surface area contributed by atoms with E-state index in [0.29, 0.717) is 18.9 Å². The molecule has 0 saturated heterocycles. The topological polar surface area (TPSA) is 33.3 Å². The third kappa shape index (κ3) is 6.28. The van der Waals surface area contributed by atoms with E-state index >= 15 is 0 Å². The summed E-state index contributed by atoms with van der Waals surface area (Å²) in [5.41, 5.74) is 8.19. The molecule has 0 aromatic heterocycles. The number of rotatable bonds is 10. The highest BCUT2D eigenvalue weighted by atomic mass is 19.1. The molecule has 0 heterocycles. The number of anilines is 1. The fraction of sp³-hybridized carbons (Fsp3) is 0.368. The lowest BCUT2D eigenvalue weighted by Gasteiger charge is -2.11. The van der Waals surface area contributed by atoms with Gasteiger partial charge < -0.3 is 10.2 Å². The average Bonchev–Trinajstić information content (AvgIpc) is 2.58. The lowest BCUT2D eigenvalue weighted by Crippen LogP contribution is -2.20. The van der Waals surface area contributed by atoms with Gasteiger partial charge >= 0.3 is 0 Å². The zero-order valence-corrected chi connectivity index (χ0v) is 13.6. The Morgan fingerprint density at radius 3 is 2.61 bits per heavy atom. The molecule has 0 aliphatic heterocycles. The largest absolute Gasteiger partial charge is 0.491 e. The summed E-state index contributed by atoms with van der Waals surface area (Å²) in [7, 11) is 0. The lowest BCUT2D eigenvalue weighted by atomic mass is 10.2. The Morgan fingerprint density at radius 2 is 1.83 bits per heavy atom.